The van der Waals surface area contributed by atoms with Crippen LogP contribution in [-0.4, -0.2) is 0 Å². The molecule has 0 atom stereocenters. The minimum absolute atomic E-state index is 0.734. The van der Waals surface area contributed by atoms with Crippen molar-refractivity contribution in [3.63, 3.8) is 0 Å². The van der Waals surface area contributed by atoms with Gasteiger partial charge in [-0.05, 0) is 25.7 Å². The molecule has 0 spiro atoms. The van der Waals surface area contributed by atoms with Crippen LogP contribution >= 0.6 is 0 Å². The van der Waals surface area contributed by atoms with Crippen LogP contribution < -0.4 is 0 Å². The molecule has 0 aliphatic heterocycles. The topological polar surface area (TPSA) is 0 Å². The number of rotatable bonds is 8. The van der Waals surface area contributed by atoms with Crippen LogP contribution in [0.3, 0.4) is 0 Å². The second kappa shape index (κ2) is 13.5. The van der Waals surface area contributed by atoms with Crippen molar-refractivity contribution in [1.82, 2.24) is 0 Å². The molecule has 86 valence electrons. The van der Waals surface area contributed by atoms with Crippen molar-refractivity contribution in [2.75, 3.05) is 0 Å². The lowest BCUT2D eigenvalue weighted by molar-refractivity contribution is 1.19. The third-order valence-corrected chi connectivity index (χ3v) is 1.95. The molecule has 0 N–H and O–H groups in total. The third kappa shape index (κ3) is 12.5. The van der Waals surface area contributed by atoms with Crippen LogP contribution in [0.15, 0.2) is 48.6 Å². The fourth-order valence-corrected chi connectivity index (χ4v) is 1.13. The minimum atomic E-state index is 0.734. The van der Waals surface area contributed by atoms with Crippen molar-refractivity contribution >= 4 is 0 Å². The zero-order valence-corrected chi connectivity index (χ0v) is 10.2. The lowest BCUT2D eigenvalue weighted by Crippen LogP contribution is -1.63. The Morgan fingerprint density at radius 3 is 1.62 bits per heavy atom. The van der Waals surface area contributed by atoms with Crippen molar-refractivity contribution in [1.29, 1.82) is 0 Å². The monoisotopic (exact) mass is 214 g/mol. The van der Waals surface area contributed by atoms with Crippen LogP contribution in [-0.2, 0) is 0 Å². The van der Waals surface area contributed by atoms with E-state index < -0.39 is 0 Å². The Hall–Kier alpha value is -1.48. The lowest BCUT2D eigenvalue weighted by atomic mass is 10.2. The average molecular weight is 214 g/mol. The minimum Gasteiger partial charge on any atom is -0.120 e. The van der Waals surface area contributed by atoms with E-state index in [2.05, 4.69) is 55.4 Å². The maximum Gasteiger partial charge on any atom is 0.0267 e. The Balaban J connectivity index is 3.40. The Morgan fingerprint density at radius 1 is 0.750 bits per heavy atom. The van der Waals surface area contributed by atoms with E-state index in [0.29, 0.717) is 0 Å². The molecule has 0 saturated carbocycles. The summed E-state index contributed by atoms with van der Waals surface area (Å²) in [5.74, 6) is 2.57. The van der Waals surface area contributed by atoms with E-state index in [4.69, 9.17) is 6.42 Å². The summed E-state index contributed by atoms with van der Waals surface area (Å²) in [6.07, 6.45) is 27.3. The molecule has 0 unspecified atom stereocenters. The largest absolute Gasteiger partial charge is 0.120 e. The van der Waals surface area contributed by atoms with Gasteiger partial charge in [0, 0.05) is 6.42 Å². The second-order valence-corrected chi connectivity index (χ2v) is 3.41. The molecular formula is C16H22. The third-order valence-electron chi connectivity index (χ3n) is 1.95. The summed E-state index contributed by atoms with van der Waals surface area (Å²) in [5.41, 5.74) is 0. The number of hydrogen-bond acceptors (Lipinski definition) is 0. The van der Waals surface area contributed by atoms with Gasteiger partial charge in [-0.2, -0.15) is 0 Å². The Labute approximate surface area is 100 Å². The van der Waals surface area contributed by atoms with Crippen LogP contribution in [0.5, 0.6) is 0 Å². The highest BCUT2D eigenvalue weighted by Crippen LogP contribution is 1.94. The summed E-state index contributed by atoms with van der Waals surface area (Å²) in [4.78, 5) is 0. The second-order valence-electron chi connectivity index (χ2n) is 3.41. The smallest absolute Gasteiger partial charge is 0.0267 e. The van der Waals surface area contributed by atoms with Gasteiger partial charge in [-0.3, -0.25) is 0 Å². The van der Waals surface area contributed by atoms with Crippen molar-refractivity contribution < 1.29 is 0 Å². The van der Waals surface area contributed by atoms with Crippen molar-refractivity contribution in [2.45, 2.75) is 39.0 Å². The molecule has 16 heavy (non-hydrogen) atoms. The first kappa shape index (κ1) is 14.5. The van der Waals surface area contributed by atoms with Gasteiger partial charge in [0.15, 0.2) is 0 Å². The Kier molecular flexibility index (Phi) is 12.3. The fourth-order valence-electron chi connectivity index (χ4n) is 1.13. The van der Waals surface area contributed by atoms with Crippen molar-refractivity contribution in [2.24, 2.45) is 0 Å². The molecule has 0 saturated heterocycles. The number of terminal acetylenes is 1. The van der Waals surface area contributed by atoms with Crippen LogP contribution in [0, 0.1) is 12.3 Å². The van der Waals surface area contributed by atoms with Crippen LogP contribution in [0.4, 0.5) is 0 Å². The molecule has 0 bridgehead atoms. The molecule has 0 aromatic rings. The van der Waals surface area contributed by atoms with E-state index in [1.54, 1.807) is 0 Å². The van der Waals surface area contributed by atoms with Gasteiger partial charge in [0.1, 0.15) is 0 Å². The summed E-state index contributed by atoms with van der Waals surface area (Å²) in [7, 11) is 0. The summed E-state index contributed by atoms with van der Waals surface area (Å²) >= 11 is 0. The quantitative estimate of drug-likeness (QED) is 0.401. The average Bonchev–Trinajstić information content (AvgIpc) is 2.31. The predicted molar refractivity (Wildman–Crippen MR) is 74.2 cm³/mol. The first-order valence-corrected chi connectivity index (χ1v) is 5.95. The molecule has 0 rings (SSSR count). The molecule has 0 heterocycles. The molecule has 0 nitrogen and oxygen atoms in total. The highest BCUT2D eigenvalue weighted by atomic mass is 13.8. The zero-order valence-electron chi connectivity index (χ0n) is 10.2. The van der Waals surface area contributed by atoms with E-state index in [-0.39, 0.29) is 0 Å². The molecule has 0 aliphatic carbocycles. The molecule has 0 aliphatic rings. The molecule has 0 aromatic heterocycles. The van der Waals surface area contributed by atoms with Gasteiger partial charge in [-0.15, -0.1) is 12.3 Å². The van der Waals surface area contributed by atoms with Gasteiger partial charge in [0.25, 0.3) is 0 Å². The van der Waals surface area contributed by atoms with Gasteiger partial charge in [-0.1, -0.05) is 55.5 Å². The van der Waals surface area contributed by atoms with Crippen LogP contribution in [0.2, 0.25) is 0 Å². The maximum atomic E-state index is 5.13. The summed E-state index contributed by atoms with van der Waals surface area (Å²) < 4.78 is 0. The zero-order chi connectivity index (χ0) is 11.9. The fraction of sp³-hybridized carbons (Fsp3) is 0.375. The summed E-state index contributed by atoms with van der Waals surface area (Å²) in [6, 6.07) is 0. The molecule has 0 amide bonds. The van der Waals surface area contributed by atoms with Gasteiger partial charge < -0.3 is 0 Å². The summed E-state index contributed by atoms with van der Waals surface area (Å²) in [6.45, 7) is 2.15. The van der Waals surface area contributed by atoms with Gasteiger partial charge >= 0.3 is 0 Å². The Morgan fingerprint density at radius 2 is 1.19 bits per heavy atom. The van der Waals surface area contributed by atoms with Crippen LogP contribution in [0.25, 0.3) is 0 Å². The first-order valence-electron chi connectivity index (χ1n) is 5.95. The number of allylic oxidation sites excluding steroid dienone is 8. The van der Waals surface area contributed by atoms with E-state index in [1.807, 2.05) is 6.08 Å². The summed E-state index contributed by atoms with van der Waals surface area (Å²) in [5, 5.41) is 0. The predicted octanol–water partition coefficient (Wildman–Crippen LogP) is 4.81. The van der Waals surface area contributed by atoms with Gasteiger partial charge in [0.2, 0.25) is 0 Å². The van der Waals surface area contributed by atoms with Crippen molar-refractivity contribution in [3.05, 3.63) is 48.6 Å². The SMILES string of the molecule is C#CC/C=C\C/C=C\C/C=C\C/C=C\CC. The van der Waals surface area contributed by atoms with E-state index in [9.17, 15) is 0 Å². The number of hydrogen-bond donors (Lipinski definition) is 0. The van der Waals surface area contributed by atoms with E-state index in [0.717, 1.165) is 32.1 Å². The Bertz CT molecular complexity index is 282. The first-order chi connectivity index (χ1) is 7.91. The van der Waals surface area contributed by atoms with E-state index >= 15 is 0 Å². The standard InChI is InChI=1S/C16H22/c1-3-5-7-9-11-13-15-16-14-12-10-8-6-4-2/h1,6-9,12-15H,4-5,10-11,16H2,2H3/b8-6-,9-7-,14-12-,15-13-. The van der Waals surface area contributed by atoms with Gasteiger partial charge in [0.05, 0.1) is 0 Å². The van der Waals surface area contributed by atoms with Gasteiger partial charge in [-0.25, -0.2) is 0 Å². The van der Waals surface area contributed by atoms with Crippen LogP contribution in [0.1, 0.15) is 39.0 Å². The van der Waals surface area contributed by atoms with Crippen molar-refractivity contribution in [3.8, 4) is 12.3 Å². The molecule has 0 fully saturated rings. The normalized spacial score (nSPS) is 12.2. The molecular weight excluding hydrogens is 192 g/mol. The highest BCUT2D eigenvalue weighted by molar-refractivity contribution is 5.01. The highest BCUT2D eigenvalue weighted by Gasteiger charge is 1.73. The lowest BCUT2D eigenvalue weighted by Gasteiger charge is -1.84. The maximum absolute atomic E-state index is 5.13. The molecule has 0 heteroatoms. The molecule has 0 aromatic carbocycles. The van der Waals surface area contributed by atoms with E-state index in [1.165, 1.54) is 0 Å². The molecule has 0 radical (unpaired) electrons.